The lowest BCUT2D eigenvalue weighted by atomic mass is 10.2. The Morgan fingerprint density at radius 1 is 1.35 bits per heavy atom. The van der Waals surface area contributed by atoms with Crippen LogP contribution in [0.15, 0.2) is 39.8 Å². The molecular weight excluding hydrogens is 371 g/mol. The van der Waals surface area contributed by atoms with Gasteiger partial charge in [-0.25, -0.2) is 0 Å². The maximum Gasteiger partial charge on any atom is 0.451 e. The maximum absolute atomic E-state index is 12.5. The predicted octanol–water partition coefficient (Wildman–Crippen LogP) is 3.66. The zero-order valence-electron chi connectivity index (χ0n) is 13.3. The lowest BCUT2D eigenvalue weighted by molar-refractivity contribution is -0.144. The molecule has 0 unspecified atom stereocenters. The molecule has 3 aromatic rings. The van der Waals surface area contributed by atoms with Crippen molar-refractivity contribution in [2.24, 2.45) is 0 Å². The molecule has 0 saturated carbocycles. The van der Waals surface area contributed by atoms with Crippen molar-refractivity contribution in [3.63, 3.8) is 0 Å². The second-order valence-corrected chi connectivity index (χ2v) is 6.20. The van der Waals surface area contributed by atoms with Crippen LogP contribution in [0.4, 0.5) is 19.1 Å². The number of H-pyrrole nitrogens is 1. The highest BCUT2D eigenvalue weighted by Gasteiger charge is 2.35. The molecule has 2 N–H and O–H groups in total. The summed E-state index contributed by atoms with van der Waals surface area (Å²) in [7, 11) is 0. The van der Waals surface area contributed by atoms with Crippen molar-refractivity contribution in [3.8, 4) is 0 Å². The van der Waals surface area contributed by atoms with Crippen LogP contribution in [0.3, 0.4) is 0 Å². The molecule has 11 heteroatoms. The van der Waals surface area contributed by atoms with Gasteiger partial charge in [-0.15, -0.1) is 16.9 Å². The largest absolute Gasteiger partial charge is 0.451 e. The summed E-state index contributed by atoms with van der Waals surface area (Å²) in [5.41, 5.74) is 1.03. The summed E-state index contributed by atoms with van der Waals surface area (Å²) in [6, 6.07) is 8.46. The van der Waals surface area contributed by atoms with Gasteiger partial charge in [0.05, 0.1) is 17.0 Å². The molecule has 0 bridgehead atoms. The topological polar surface area (TPSA) is 96.7 Å². The highest BCUT2D eigenvalue weighted by molar-refractivity contribution is 7.98. The number of thioether (sulfide) groups is 1. The maximum atomic E-state index is 12.5. The lowest BCUT2D eigenvalue weighted by Crippen LogP contribution is -2.14. The van der Waals surface area contributed by atoms with E-state index in [0.29, 0.717) is 16.4 Å². The summed E-state index contributed by atoms with van der Waals surface area (Å²) in [6.07, 6.45) is -4.67. The van der Waals surface area contributed by atoms with E-state index in [9.17, 15) is 18.0 Å². The number of carbonyl (C=O) groups excluding carboxylic acids is 1. The molecular formula is C15H12F3N5O2S. The second-order valence-electron chi connectivity index (χ2n) is 5.18. The average Bonchev–Trinajstić information content (AvgIpc) is 3.22. The fourth-order valence-corrected chi connectivity index (χ4v) is 2.95. The quantitative estimate of drug-likeness (QED) is 0.653. The van der Waals surface area contributed by atoms with Crippen molar-refractivity contribution in [2.75, 3.05) is 5.32 Å². The van der Waals surface area contributed by atoms with E-state index in [0.717, 1.165) is 5.69 Å². The van der Waals surface area contributed by atoms with Gasteiger partial charge >= 0.3 is 6.18 Å². The molecule has 26 heavy (non-hydrogen) atoms. The third-order valence-electron chi connectivity index (χ3n) is 3.16. The van der Waals surface area contributed by atoms with E-state index in [4.69, 9.17) is 4.52 Å². The van der Waals surface area contributed by atoms with Crippen LogP contribution >= 0.6 is 11.8 Å². The number of hydrogen-bond donors (Lipinski definition) is 2. The summed E-state index contributed by atoms with van der Waals surface area (Å²) in [5, 5.41) is 11.1. The van der Waals surface area contributed by atoms with Crippen LogP contribution in [-0.4, -0.2) is 26.2 Å². The number of carbonyl (C=O) groups is 1. The van der Waals surface area contributed by atoms with Crippen molar-refractivity contribution in [2.45, 2.75) is 23.7 Å². The van der Waals surface area contributed by atoms with Gasteiger partial charge in [-0.3, -0.25) is 15.2 Å². The number of amides is 1. The van der Waals surface area contributed by atoms with Gasteiger partial charge < -0.3 is 4.52 Å². The first-order valence-corrected chi connectivity index (χ1v) is 8.26. The molecule has 0 aliphatic rings. The molecule has 0 fully saturated rings. The Balaban J connectivity index is 1.72. The van der Waals surface area contributed by atoms with E-state index >= 15 is 0 Å². The first-order chi connectivity index (χ1) is 12.3. The Morgan fingerprint density at radius 2 is 2.12 bits per heavy atom. The lowest BCUT2D eigenvalue weighted by Gasteiger charge is -2.07. The molecule has 136 valence electrons. The molecule has 1 aromatic carbocycles. The van der Waals surface area contributed by atoms with E-state index in [2.05, 4.69) is 20.6 Å². The zero-order valence-corrected chi connectivity index (χ0v) is 14.1. The van der Waals surface area contributed by atoms with Gasteiger partial charge in [0.15, 0.2) is 0 Å². The SMILES string of the molecule is Cc1cc(CSc2ccccc2C(=O)Nc2n[nH]c(C(F)(F)F)n2)on1. The third kappa shape index (κ3) is 4.23. The van der Waals surface area contributed by atoms with Gasteiger partial charge in [0, 0.05) is 11.0 Å². The zero-order chi connectivity index (χ0) is 18.7. The Morgan fingerprint density at radius 3 is 2.77 bits per heavy atom. The van der Waals surface area contributed by atoms with E-state index in [1.165, 1.54) is 11.8 Å². The summed E-state index contributed by atoms with van der Waals surface area (Å²) in [5.74, 6) is -1.26. The number of hydrogen-bond acceptors (Lipinski definition) is 6. The Hall–Kier alpha value is -2.82. The van der Waals surface area contributed by atoms with Gasteiger partial charge in [-0.1, -0.05) is 17.3 Å². The van der Waals surface area contributed by atoms with Crippen LogP contribution in [0, 0.1) is 6.92 Å². The van der Waals surface area contributed by atoms with E-state index in [1.807, 2.05) is 0 Å². The molecule has 7 nitrogen and oxygen atoms in total. The number of aromatic nitrogens is 4. The first kappa shape index (κ1) is 18.0. The summed E-state index contributed by atoms with van der Waals surface area (Å²) < 4.78 is 42.7. The highest BCUT2D eigenvalue weighted by Crippen LogP contribution is 2.28. The van der Waals surface area contributed by atoms with Crippen LogP contribution in [-0.2, 0) is 11.9 Å². The number of halogens is 3. The number of aromatic amines is 1. The number of benzene rings is 1. The number of alkyl halides is 3. The Kier molecular flexibility index (Phi) is 4.98. The van der Waals surface area contributed by atoms with Crippen molar-refractivity contribution in [3.05, 3.63) is 53.2 Å². The number of nitrogens with one attached hydrogen (secondary N) is 2. The fourth-order valence-electron chi connectivity index (χ4n) is 2.03. The molecule has 0 aliphatic carbocycles. The molecule has 0 radical (unpaired) electrons. The number of rotatable bonds is 5. The minimum atomic E-state index is -4.67. The number of aryl methyl sites for hydroxylation is 1. The first-order valence-electron chi connectivity index (χ1n) is 7.28. The van der Waals surface area contributed by atoms with E-state index in [1.54, 1.807) is 42.4 Å². The van der Waals surface area contributed by atoms with Gasteiger partial charge in [0.2, 0.25) is 11.8 Å². The van der Waals surface area contributed by atoms with Crippen molar-refractivity contribution in [1.82, 2.24) is 20.3 Å². The molecule has 0 aliphatic heterocycles. The van der Waals surface area contributed by atoms with Crippen molar-refractivity contribution in [1.29, 1.82) is 0 Å². The molecule has 0 atom stereocenters. The fraction of sp³-hybridized carbons (Fsp3) is 0.200. The normalized spacial score (nSPS) is 11.5. The van der Waals surface area contributed by atoms with Gasteiger partial charge in [-0.2, -0.15) is 18.2 Å². The molecule has 0 spiro atoms. The molecule has 2 heterocycles. The standard InChI is InChI=1S/C15H12F3N5O2S/c1-8-6-9(25-23-8)7-26-11-5-3-2-4-10(11)12(24)19-14-20-13(21-22-14)15(16,17)18/h2-6H,7H2,1H3,(H2,19,20,21,22,24). The summed E-state index contributed by atoms with van der Waals surface area (Å²) in [6.45, 7) is 1.80. The van der Waals surface area contributed by atoms with E-state index in [-0.39, 0.29) is 5.56 Å². The molecule has 2 aromatic heterocycles. The van der Waals surface area contributed by atoms with Gasteiger partial charge in [-0.05, 0) is 19.1 Å². The van der Waals surface area contributed by atoms with E-state index < -0.39 is 23.9 Å². The van der Waals surface area contributed by atoms with Gasteiger partial charge in [0.1, 0.15) is 5.76 Å². The van der Waals surface area contributed by atoms with Crippen LogP contribution in [0.1, 0.15) is 27.6 Å². The van der Waals surface area contributed by atoms with Crippen molar-refractivity contribution >= 4 is 23.6 Å². The monoisotopic (exact) mass is 383 g/mol. The molecule has 1 amide bonds. The summed E-state index contributed by atoms with van der Waals surface area (Å²) in [4.78, 5) is 16.2. The van der Waals surface area contributed by atoms with Crippen LogP contribution in [0.25, 0.3) is 0 Å². The van der Waals surface area contributed by atoms with Crippen molar-refractivity contribution < 1.29 is 22.5 Å². The van der Waals surface area contributed by atoms with Crippen LogP contribution in [0.5, 0.6) is 0 Å². The Bertz CT molecular complexity index is 922. The third-order valence-corrected chi connectivity index (χ3v) is 4.25. The molecule has 3 rings (SSSR count). The minimum absolute atomic E-state index is 0.284. The van der Waals surface area contributed by atoms with Gasteiger partial charge in [0.25, 0.3) is 5.91 Å². The number of anilines is 1. The molecule has 0 saturated heterocycles. The van der Waals surface area contributed by atoms with Crippen LogP contribution in [0.2, 0.25) is 0 Å². The second kappa shape index (κ2) is 7.20. The smallest absolute Gasteiger partial charge is 0.360 e. The highest BCUT2D eigenvalue weighted by atomic mass is 32.2. The minimum Gasteiger partial charge on any atom is -0.360 e. The Labute approximate surface area is 149 Å². The predicted molar refractivity (Wildman–Crippen MR) is 86.6 cm³/mol. The summed E-state index contributed by atoms with van der Waals surface area (Å²) >= 11 is 1.34. The average molecular weight is 383 g/mol. The van der Waals surface area contributed by atoms with Crippen LogP contribution < -0.4 is 5.32 Å². The number of nitrogens with zero attached hydrogens (tertiary/aromatic N) is 3.